The fourth-order valence-corrected chi connectivity index (χ4v) is 0.991. The van der Waals surface area contributed by atoms with E-state index in [9.17, 15) is 4.79 Å². The van der Waals surface area contributed by atoms with Crippen LogP contribution in [0.4, 0.5) is 0 Å². The summed E-state index contributed by atoms with van der Waals surface area (Å²) in [6, 6.07) is 0.197. The van der Waals surface area contributed by atoms with E-state index in [0.717, 1.165) is 13.0 Å². The number of hydrogen-bond acceptors (Lipinski definition) is 3. The first-order chi connectivity index (χ1) is 6.47. The number of carbonyl (C=O) groups excluding carboxylic acids is 1. The zero-order valence-electron chi connectivity index (χ0n) is 9.83. The number of amides is 1. The number of methoxy groups -OCH3 is 1. The Kier molecular flexibility index (Phi) is 6.49. The van der Waals surface area contributed by atoms with E-state index in [1.165, 1.54) is 7.11 Å². The van der Waals surface area contributed by atoms with Crippen LogP contribution in [0, 0.1) is 0 Å². The smallest absolute Gasteiger partial charge is 0.249 e. The molecular weight excluding hydrogens is 180 g/mol. The lowest BCUT2D eigenvalue weighted by atomic mass is 10.2. The van der Waals surface area contributed by atoms with Crippen molar-refractivity contribution in [1.29, 1.82) is 0 Å². The summed E-state index contributed by atoms with van der Waals surface area (Å²) in [6.45, 7) is 4.72. The van der Waals surface area contributed by atoms with Crippen molar-refractivity contribution in [2.24, 2.45) is 0 Å². The van der Waals surface area contributed by atoms with Crippen molar-refractivity contribution in [2.45, 2.75) is 32.4 Å². The minimum Gasteiger partial charge on any atom is -0.372 e. The van der Waals surface area contributed by atoms with Crippen LogP contribution in [-0.4, -0.2) is 50.7 Å². The van der Waals surface area contributed by atoms with E-state index in [1.807, 2.05) is 21.0 Å². The van der Waals surface area contributed by atoms with Crippen molar-refractivity contribution < 1.29 is 9.53 Å². The molecule has 0 aliphatic rings. The molecule has 0 rings (SSSR count). The van der Waals surface area contributed by atoms with Crippen molar-refractivity contribution in [3.05, 3.63) is 0 Å². The molecule has 0 aromatic rings. The first-order valence-electron chi connectivity index (χ1n) is 4.95. The number of nitrogens with zero attached hydrogens (tertiary/aromatic N) is 1. The Labute approximate surface area is 86.6 Å². The van der Waals surface area contributed by atoms with Gasteiger partial charge in [-0.3, -0.25) is 4.79 Å². The summed E-state index contributed by atoms with van der Waals surface area (Å²) in [5, 5.41) is 2.90. The van der Waals surface area contributed by atoms with Crippen LogP contribution in [0.2, 0.25) is 0 Å². The third-order valence-corrected chi connectivity index (χ3v) is 2.12. The number of ether oxygens (including phenoxy) is 1. The molecule has 4 heteroatoms. The monoisotopic (exact) mass is 202 g/mol. The molecule has 0 aliphatic carbocycles. The van der Waals surface area contributed by atoms with Crippen LogP contribution in [-0.2, 0) is 9.53 Å². The zero-order valence-corrected chi connectivity index (χ0v) is 9.83. The maximum absolute atomic E-state index is 11.4. The van der Waals surface area contributed by atoms with Gasteiger partial charge in [0.15, 0.2) is 0 Å². The standard InChI is InChI=1S/C10H22N2O2/c1-8(6-7-12(3)4)11-10(13)9(2)14-5/h8-9H,6-7H2,1-5H3,(H,11,13). The van der Waals surface area contributed by atoms with Gasteiger partial charge in [-0.05, 0) is 40.9 Å². The highest BCUT2D eigenvalue weighted by Crippen LogP contribution is 1.95. The molecule has 0 saturated heterocycles. The summed E-state index contributed by atoms with van der Waals surface area (Å²) in [6.07, 6.45) is 0.589. The van der Waals surface area contributed by atoms with Crippen LogP contribution >= 0.6 is 0 Å². The normalized spacial score (nSPS) is 15.3. The van der Waals surface area contributed by atoms with Crippen LogP contribution < -0.4 is 5.32 Å². The Hall–Kier alpha value is -0.610. The molecule has 2 unspecified atom stereocenters. The third kappa shape index (κ3) is 5.94. The van der Waals surface area contributed by atoms with E-state index < -0.39 is 0 Å². The molecule has 0 bridgehead atoms. The Bertz CT molecular complexity index is 172. The van der Waals surface area contributed by atoms with E-state index in [0.29, 0.717) is 0 Å². The van der Waals surface area contributed by atoms with Gasteiger partial charge in [-0.1, -0.05) is 0 Å². The van der Waals surface area contributed by atoms with Crippen LogP contribution in [0.5, 0.6) is 0 Å². The number of carbonyl (C=O) groups is 1. The molecule has 14 heavy (non-hydrogen) atoms. The van der Waals surface area contributed by atoms with Gasteiger partial charge in [0.25, 0.3) is 0 Å². The third-order valence-electron chi connectivity index (χ3n) is 2.12. The topological polar surface area (TPSA) is 41.6 Å². The highest BCUT2D eigenvalue weighted by molar-refractivity contribution is 5.80. The highest BCUT2D eigenvalue weighted by Gasteiger charge is 2.13. The van der Waals surface area contributed by atoms with Gasteiger partial charge in [-0.25, -0.2) is 0 Å². The van der Waals surface area contributed by atoms with Crippen LogP contribution in [0.3, 0.4) is 0 Å². The van der Waals surface area contributed by atoms with Gasteiger partial charge < -0.3 is 15.0 Å². The van der Waals surface area contributed by atoms with Crippen molar-refractivity contribution in [3.8, 4) is 0 Å². The number of nitrogens with one attached hydrogen (secondary N) is 1. The van der Waals surface area contributed by atoms with Gasteiger partial charge in [0.1, 0.15) is 6.10 Å². The molecule has 1 N–H and O–H groups in total. The van der Waals surface area contributed by atoms with Crippen LogP contribution in [0.15, 0.2) is 0 Å². The Morgan fingerprint density at radius 1 is 1.43 bits per heavy atom. The predicted molar refractivity (Wildman–Crippen MR) is 57.2 cm³/mol. The fourth-order valence-electron chi connectivity index (χ4n) is 0.991. The average molecular weight is 202 g/mol. The molecular formula is C10H22N2O2. The summed E-state index contributed by atoms with van der Waals surface area (Å²) in [5.41, 5.74) is 0. The van der Waals surface area contributed by atoms with Crippen LogP contribution in [0.25, 0.3) is 0 Å². The molecule has 0 aromatic carbocycles. The Morgan fingerprint density at radius 2 is 2.00 bits per heavy atom. The maximum atomic E-state index is 11.4. The van der Waals surface area contributed by atoms with Gasteiger partial charge in [-0.2, -0.15) is 0 Å². The predicted octanol–water partition coefficient (Wildman–Crippen LogP) is 0.478. The van der Waals surface area contributed by atoms with Crippen LogP contribution in [0.1, 0.15) is 20.3 Å². The molecule has 0 aliphatic heterocycles. The molecule has 4 nitrogen and oxygen atoms in total. The molecule has 0 spiro atoms. The minimum absolute atomic E-state index is 0.0428. The Balaban J connectivity index is 3.71. The van der Waals surface area contributed by atoms with Gasteiger partial charge in [0, 0.05) is 13.2 Å². The summed E-state index contributed by atoms with van der Waals surface area (Å²) in [7, 11) is 5.58. The zero-order chi connectivity index (χ0) is 11.1. The second kappa shape index (κ2) is 6.79. The van der Waals surface area contributed by atoms with Crippen molar-refractivity contribution >= 4 is 5.91 Å². The molecule has 0 radical (unpaired) electrons. The van der Waals surface area contributed by atoms with Gasteiger partial charge >= 0.3 is 0 Å². The highest BCUT2D eigenvalue weighted by atomic mass is 16.5. The minimum atomic E-state index is -0.364. The lowest BCUT2D eigenvalue weighted by Crippen LogP contribution is -2.40. The second-order valence-electron chi connectivity index (χ2n) is 3.88. The van der Waals surface area contributed by atoms with Crippen molar-refractivity contribution in [2.75, 3.05) is 27.7 Å². The van der Waals surface area contributed by atoms with E-state index in [2.05, 4.69) is 10.2 Å². The summed E-state index contributed by atoms with van der Waals surface area (Å²) in [4.78, 5) is 13.5. The first-order valence-corrected chi connectivity index (χ1v) is 4.95. The maximum Gasteiger partial charge on any atom is 0.249 e. The SMILES string of the molecule is COC(C)C(=O)NC(C)CCN(C)C. The second-order valence-corrected chi connectivity index (χ2v) is 3.88. The molecule has 84 valence electrons. The molecule has 0 fully saturated rings. The van der Waals surface area contributed by atoms with Gasteiger partial charge in [0.2, 0.25) is 5.91 Å². The molecule has 0 saturated carbocycles. The fraction of sp³-hybridized carbons (Fsp3) is 0.900. The summed E-state index contributed by atoms with van der Waals surface area (Å²) < 4.78 is 4.92. The molecule has 0 heterocycles. The largest absolute Gasteiger partial charge is 0.372 e. The van der Waals surface area contributed by atoms with Gasteiger partial charge in [0.05, 0.1) is 0 Å². The lowest BCUT2D eigenvalue weighted by Gasteiger charge is -2.18. The number of rotatable bonds is 6. The summed E-state index contributed by atoms with van der Waals surface area (Å²) in [5.74, 6) is -0.0428. The summed E-state index contributed by atoms with van der Waals surface area (Å²) >= 11 is 0. The Morgan fingerprint density at radius 3 is 2.43 bits per heavy atom. The van der Waals surface area contributed by atoms with Crippen molar-refractivity contribution in [3.63, 3.8) is 0 Å². The van der Waals surface area contributed by atoms with E-state index in [4.69, 9.17) is 4.74 Å². The average Bonchev–Trinajstić information content (AvgIpc) is 2.13. The lowest BCUT2D eigenvalue weighted by molar-refractivity contribution is -0.130. The molecule has 1 amide bonds. The van der Waals surface area contributed by atoms with E-state index in [1.54, 1.807) is 6.92 Å². The van der Waals surface area contributed by atoms with Gasteiger partial charge in [-0.15, -0.1) is 0 Å². The van der Waals surface area contributed by atoms with E-state index in [-0.39, 0.29) is 18.1 Å². The number of hydrogen-bond donors (Lipinski definition) is 1. The quantitative estimate of drug-likeness (QED) is 0.681. The van der Waals surface area contributed by atoms with Crippen molar-refractivity contribution in [1.82, 2.24) is 10.2 Å². The first kappa shape index (κ1) is 13.4. The molecule has 2 atom stereocenters. The van der Waals surface area contributed by atoms with E-state index >= 15 is 0 Å². The molecule has 0 aromatic heterocycles.